The third-order valence-corrected chi connectivity index (χ3v) is 6.61. The number of benzene rings is 3. The van der Waals surface area contributed by atoms with Gasteiger partial charge in [0.1, 0.15) is 41.0 Å². The van der Waals surface area contributed by atoms with Gasteiger partial charge in [0.15, 0.2) is 69.8 Å². The number of nitriles is 4. The Labute approximate surface area is 253 Å². The summed E-state index contributed by atoms with van der Waals surface area (Å²) in [7, 11) is 0. The first-order valence-corrected chi connectivity index (χ1v) is 11.7. The first-order valence-electron chi connectivity index (χ1n) is 11.7. The topological polar surface area (TPSA) is 121 Å². The summed E-state index contributed by atoms with van der Waals surface area (Å²) in [6.45, 7) is 0. The molecule has 0 spiro atoms. The average molecular weight is 661 g/mol. The van der Waals surface area contributed by atoms with E-state index >= 15 is 17.6 Å². The van der Waals surface area contributed by atoms with Crippen LogP contribution in [0.25, 0.3) is 16.8 Å². The van der Waals surface area contributed by atoms with Crippen molar-refractivity contribution in [1.82, 2.24) is 0 Å². The lowest BCUT2D eigenvalue weighted by Crippen LogP contribution is -2.10. The van der Waals surface area contributed by atoms with Gasteiger partial charge in [0.2, 0.25) is 0 Å². The standard InChI is InChI=1S/C30H3F12N5/c1-2-7-18(31)24(37)14(25(38)19(7)32)8(3-43)12-13(9(4-44)15-26(39)20(33)10(5-45)21(34)27(15)40)16(12)30(47)17-28(41)22(35)11(6-46)23(36)29(17)42/h1H,47H2/b12-8-,13-9?,30-16+. The Kier molecular flexibility index (Phi) is 8.28. The fourth-order valence-corrected chi connectivity index (χ4v) is 4.45. The molecule has 0 aliphatic heterocycles. The van der Waals surface area contributed by atoms with Crippen LogP contribution in [-0.2, 0) is 0 Å². The van der Waals surface area contributed by atoms with Crippen LogP contribution in [0.3, 0.4) is 0 Å². The van der Waals surface area contributed by atoms with E-state index in [1.807, 2.05) is 0 Å². The molecule has 5 nitrogen and oxygen atoms in total. The predicted octanol–water partition coefficient (Wildman–Crippen LogP) is 6.72. The summed E-state index contributed by atoms with van der Waals surface area (Å²) in [4.78, 5) is 0. The zero-order chi connectivity index (χ0) is 35.4. The van der Waals surface area contributed by atoms with Gasteiger partial charge in [0.05, 0.1) is 33.5 Å². The van der Waals surface area contributed by atoms with Crippen LogP contribution < -0.4 is 5.73 Å². The van der Waals surface area contributed by atoms with Crippen LogP contribution >= 0.6 is 0 Å². The van der Waals surface area contributed by atoms with Crippen LogP contribution in [0.4, 0.5) is 52.7 Å². The Balaban J connectivity index is 2.33. The normalized spacial score (nSPS) is 15.1. The number of hydrogen-bond acceptors (Lipinski definition) is 5. The minimum atomic E-state index is -2.48. The van der Waals surface area contributed by atoms with Crippen LogP contribution in [-0.4, -0.2) is 0 Å². The Bertz CT molecular complexity index is 2130. The number of hydrogen-bond donors (Lipinski definition) is 1. The molecule has 0 radical (unpaired) electrons. The second kappa shape index (κ2) is 11.7. The number of rotatable bonds is 3. The van der Waals surface area contributed by atoms with Crippen molar-refractivity contribution in [2.75, 3.05) is 0 Å². The molecule has 1 fully saturated rings. The molecule has 1 saturated carbocycles. The summed E-state index contributed by atoms with van der Waals surface area (Å²) in [5, 5.41) is 37.2. The van der Waals surface area contributed by atoms with Crippen LogP contribution in [0.2, 0.25) is 0 Å². The van der Waals surface area contributed by atoms with Crippen molar-refractivity contribution < 1.29 is 52.7 Å². The third kappa shape index (κ3) is 4.59. The fraction of sp³-hybridized carbons (Fsp3) is 0. The maximum absolute atomic E-state index is 15.0. The molecular weight excluding hydrogens is 658 g/mol. The molecular formula is C30H3F12N5. The van der Waals surface area contributed by atoms with Crippen LogP contribution in [0.5, 0.6) is 0 Å². The fourth-order valence-electron chi connectivity index (χ4n) is 4.45. The molecule has 3 aromatic rings. The molecule has 1 aliphatic carbocycles. The second-order valence-electron chi connectivity index (χ2n) is 8.90. The van der Waals surface area contributed by atoms with Crippen LogP contribution in [0.1, 0.15) is 33.4 Å². The monoisotopic (exact) mass is 661 g/mol. The molecule has 0 heterocycles. The number of halogens is 12. The maximum atomic E-state index is 15.0. The van der Waals surface area contributed by atoms with Crippen LogP contribution in [0, 0.1) is 127 Å². The highest BCUT2D eigenvalue weighted by atomic mass is 19.2. The Hall–Kier alpha value is -6.64. The first-order chi connectivity index (χ1) is 22.1. The van der Waals surface area contributed by atoms with Gasteiger partial charge in [-0.3, -0.25) is 0 Å². The van der Waals surface area contributed by atoms with Gasteiger partial charge >= 0.3 is 0 Å². The lowest BCUT2D eigenvalue weighted by Gasteiger charge is -2.09. The van der Waals surface area contributed by atoms with Gasteiger partial charge < -0.3 is 5.73 Å². The van der Waals surface area contributed by atoms with E-state index in [9.17, 15) is 45.6 Å². The summed E-state index contributed by atoms with van der Waals surface area (Å²) < 4.78 is 177. The molecule has 1 aliphatic rings. The summed E-state index contributed by atoms with van der Waals surface area (Å²) in [5.41, 5.74) is -14.5. The third-order valence-electron chi connectivity index (χ3n) is 6.61. The van der Waals surface area contributed by atoms with E-state index in [-0.39, 0.29) is 0 Å². The van der Waals surface area contributed by atoms with Crippen molar-refractivity contribution >= 4 is 16.8 Å². The van der Waals surface area contributed by atoms with Gasteiger partial charge in [-0.25, -0.2) is 52.7 Å². The molecule has 2 N–H and O–H groups in total. The van der Waals surface area contributed by atoms with E-state index in [1.54, 1.807) is 0 Å². The maximum Gasteiger partial charge on any atom is 0.180 e. The molecule has 4 rings (SSSR count). The summed E-state index contributed by atoms with van der Waals surface area (Å²) in [6.07, 6.45) is 4.82. The minimum absolute atomic E-state index is 0.789. The highest BCUT2D eigenvalue weighted by Crippen LogP contribution is 2.56. The van der Waals surface area contributed by atoms with Crippen molar-refractivity contribution in [1.29, 1.82) is 21.0 Å². The van der Waals surface area contributed by atoms with E-state index in [1.165, 1.54) is 5.92 Å². The predicted molar refractivity (Wildman–Crippen MR) is 132 cm³/mol. The Morgan fingerprint density at radius 2 is 0.702 bits per heavy atom. The van der Waals surface area contributed by atoms with Gasteiger partial charge in [0.25, 0.3) is 0 Å². The highest BCUT2D eigenvalue weighted by Gasteiger charge is 2.45. The largest absolute Gasteiger partial charge is 0.398 e. The Morgan fingerprint density at radius 1 is 0.426 bits per heavy atom. The summed E-state index contributed by atoms with van der Waals surface area (Å²) in [5.74, 6) is -27.5. The quantitative estimate of drug-likeness (QED) is 0.145. The number of terminal acetylenes is 1. The second-order valence-corrected chi connectivity index (χ2v) is 8.90. The lowest BCUT2D eigenvalue weighted by molar-refractivity contribution is 0.446. The van der Waals surface area contributed by atoms with Crippen molar-refractivity contribution in [3.63, 3.8) is 0 Å². The Morgan fingerprint density at radius 3 is 0.957 bits per heavy atom. The van der Waals surface area contributed by atoms with Crippen molar-refractivity contribution in [3.05, 3.63) is 120 Å². The zero-order valence-electron chi connectivity index (χ0n) is 22.0. The molecule has 0 atom stereocenters. The van der Waals surface area contributed by atoms with Crippen molar-refractivity contribution in [3.8, 4) is 36.6 Å². The molecule has 3 aromatic carbocycles. The molecule has 47 heavy (non-hydrogen) atoms. The number of nitrogens with two attached hydrogens (primary N) is 1. The molecule has 17 heteroatoms. The molecule has 0 aromatic heterocycles. The van der Waals surface area contributed by atoms with E-state index in [0.29, 0.717) is 0 Å². The zero-order valence-corrected chi connectivity index (χ0v) is 22.0. The van der Waals surface area contributed by atoms with Gasteiger partial charge in [0, 0.05) is 16.7 Å². The van der Waals surface area contributed by atoms with Gasteiger partial charge in [-0.15, -0.1) is 6.42 Å². The van der Waals surface area contributed by atoms with E-state index in [2.05, 4.69) is 0 Å². The highest BCUT2D eigenvalue weighted by molar-refractivity contribution is 6.10. The molecule has 0 bridgehead atoms. The minimum Gasteiger partial charge on any atom is -0.398 e. The van der Waals surface area contributed by atoms with Crippen molar-refractivity contribution in [2.45, 2.75) is 0 Å². The lowest BCUT2D eigenvalue weighted by atomic mass is 9.99. The van der Waals surface area contributed by atoms with E-state index in [4.69, 9.17) is 22.7 Å². The van der Waals surface area contributed by atoms with Gasteiger partial charge in [-0.1, -0.05) is 5.92 Å². The first kappa shape index (κ1) is 33.3. The molecule has 232 valence electrons. The summed E-state index contributed by atoms with van der Waals surface area (Å²) >= 11 is 0. The SMILES string of the molecule is C#Cc1c(F)c(F)c(/C(C#N)=C2/C(=C(C#N)c3c(F)c(F)c(C#N)c(F)c3F)/C2=C(/N)c2c(F)c(F)c(C#N)c(F)c2F)c(F)c1F. The number of allylic oxidation sites excluding steroid dienone is 5. The van der Waals surface area contributed by atoms with Gasteiger partial charge in [-0.05, 0) is 0 Å². The number of nitrogens with zero attached hydrogens (tertiary/aromatic N) is 4. The van der Waals surface area contributed by atoms with E-state index in [0.717, 1.165) is 24.3 Å². The average Bonchev–Trinajstić information content (AvgIpc) is 3.77. The molecule has 0 unspecified atom stereocenters. The van der Waals surface area contributed by atoms with Gasteiger partial charge in [-0.2, -0.15) is 21.0 Å². The van der Waals surface area contributed by atoms with Crippen LogP contribution in [0.15, 0.2) is 16.7 Å². The summed E-state index contributed by atoms with van der Waals surface area (Å²) in [6, 6.07) is 3.60. The van der Waals surface area contributed by atoms with Crippen molar-refractivity contribution in [2.24, 2.45) is 5.73 Å². The van der Waals surface area contributed by atoms with E-state index < -0.39 is 137 Å². The molecule has 0 saturated heterocycles. The smallest absolute Gasteiger partial charge is 0.180 e. The molecule has 0 amide bonds.